The van der Waals surface area contributed by atoms with Crippen LogP contribution in [0.4, 0.5) is 0 Å². The lowest BCUT2D eigenvalue weighted by atomic mass is 9.84. The van der Waals surface area contributed by atoms with Gasteiger partial charge in [0.15, 0.2) is 5.78 Å². The van der Waals surface area contributed by atoms with E-state index in [4.69, 9.17) is 23.2 Å². The summed E-state index contributed by atoms with van der Waals surface area (Å²) in [5.74, 6) is 0.658. The van der Waals surface area contributed by atoms with Crippen LogP contribution in [-0.2, 0) is 0 Å². The first kappa shape index (κ1) is 17.3. The minimum atomic E-state index is -0.00346. The summed E-state index contributed by atoms with van der Waals surface area (Å²) in [6.45, 7) is 0. The summed E-state index contributed by atoms with van der Waals surface area (Å²) in [5.41, 5.74) is 2.93. The molecule has 0 N–H and O–H groups in total. The monoisotopic (exact) mass is 358 g/mol. The van der Waals surface area contributed by atoms with Crippen molar-refractivity contribution in [3.63, 3.8) is 0 Å². The fraction of sp³-hybridized carbons (Fsp3) is 0.286. The summed E-state index contributed by atoms with van der Waals surface area (Å²) in [7, 11) is 0. The van der Waals surface area contributed by atoms with Crippen LogP contribution in [0.2, 0.25) is 10.0 Å². The smallest absolute Gasteiger partial charge is 0.185 e. The van der Waals surface area contributed by atoms with Crippen molar-refractivity contribution in [1.29, 1.82) is 0 Å². The number of carbonyl (C=O) groups is 1. The molecule has 0 spiro atoms. The highest BCUT2D eigenvalue weighted by Gasteiger charge is 2.15. The minimum Gasteiger partial charge on any atom is -0.289 e. The summed E-state index contributed by atoms with van der Waals surface area (Å²) >= 11 is 11.9. The number of halogens is 2. The topological polar surface area (TPSA) is 17.1 Å². The van der Waals surface area contributed by atoms with Crippen molar-refractivity contribution in [1.82, 2.24) is 0 Å². The first-order valence-electron chi connectivity index (χ1n) is 8.41. The normalized spacial score (nSPS) is 15.8. The van der Waals surface area contributed by atoms with Crippen LogP contribution in [0.15, 0.2) is 48.5 Å². The van der Waals surface area contributed by atoms with Crippen LogP contribution >= 0.6 is 23.2 Å². The average Bonchev–Trinajstić information content (AvgIpc) is 2.63. The summed E-state index contributed by atoms with van der Waals surface area (Å²) in [6, 6.07) is 13.4. The zero-order chi connectivity index (χ0) is 16.9. The number of allylic oxidation sites excluding steroid dienone is 1. The van der Waals surface area contributed by atoms with Crippen LogP contribution in [-0.4, -0.2) is 5.78 Å². The number of ketones is 1. The molecule has 2 aromatic rings. The van der Waals surface area contributed by atoms with Crippen LogP contribution in [0, 0.1) is 0 Å². The Morgan fingerprint density at radius 3 is 2.29 bits per heavy atom. The first-order chi connectivity index (χ1) is 11.6. The Morgan fingerprint density at radius 1 is 0.917 bits per heavy atom. The lowest BCUT2D eigenvalue weighted by molar-refractivity contribution is 0.104. The van der Waals surface area contributed by atoms with Gasteiger partial charge in [0.05, 0.1) is 10.0 Å². The average molecular weight is 359 g/mol. The molecule has 0 unspecified atom stereocenters. The molecule has 24 heavy (non-hydrogen) atoms. The van der Waals surface area contributed by atoms with E-state index in [1.54, 1.807) is 24.3 Å². The second kappa shape index (κ2) is 8.00. The third kappa shape index (κ3) is 4.28. The van der Waals surface area contributed by atoms with Crippen LogP contribution < -0.4 is 0 Å². The van der Waals surface area contributed by atoms with Crippen molar-refractivity contribution in [2.75, 3.05) is 0 Å². The van der Waals surface area contributed by atoms with Gasteiger partial charge in [-0.3, -0.25) is 4.79 Å². The number of hydrogen-bond donors (Lipinski definition) is 0. The van der Waals surface area contributed by atoms with Crippen molar-refractivity contribution in [2.24, 2.45) is 0 Å². The Labute approximate surface area is 153 Å². The van der Waals surface area contributed by atoms with Crippen molar-refractivity contribution < 1.29 is 4.79 Å². The van der Waals surface area contributed by atoms with E-state index in [-0.39, 0.29) is 5.78 Å². The first-order valence-corrected chi connectivity index (χ1v) is 9.16. The molecule has 1 aliphatic rings. The predicted octanol–water partition coefficient (Wildman–Crippen LogP) is 6.94. The lowest BCUT2D eigenvalue weighted by Gasteiger charge is -2.21. The SMILES string of the molecule is O=C(C=Cc1ccc(Cl)c(Cl)c1)c1ccc(C2CCCCC2)cc1. The van der Waals surface area contributed by atoms with E-state index in [2.05, 4.69) is 12.1 Å². The Kier molecular flexibility index (Phi) is 5.76. The van der Waals surface area contributed by atoms with Gasteiger partial charge in [-0.05, 0) is 48.1 Å². The van der Waals surface area contributed by atoms with Crippen molar-refractivity contribution in [2.45, 2.75) is 38.0 Å². The van der Waals surface area contributed by atoms with Gasteiger partial charge in [0.1, 0.15) is 0 Å². The molecule has 0 bridgehead atoms. The molecule has 0 heterocycles. The Bertz CT molecular complexity index is 741. The molecule has 0 atom stereocenters. The fourth-order valence-electron chi connectivity index (χ4n) is 3.24. The van der Waals surface area contributed by atoms with Gasteiger partial charge >= 0.3 is 0 Å². The molecule has 3 heteroatoms. The largest absolute Gasteiger partial charge is 0.289 e. The molecule has 0 aromatic heterocycles. The summed E-state index contributed by atoms with van der Waals surface area (Å²) in [5, 5.41) is 1.00. The molecule has 3 rings (SSSR count). The number of carbonyl (C=O) groups excluding carboxylic acids is 1. The molecule has 0 radical (unpaired) electrons. The van der Waals surface area contributed by atoms with Crippen LogP contribution in [0.25, 0.3) is 6.08 Å². The van der Waals surface area contributed by atoms with Crippen LogP contribution in [0.3, 0.4) is 0 Å². The molecule has 1 nitrogen and oxygen atoms in total. The van der Waals surface area contributed by atoms with E-state index in [9.17, 15) is 4.79 Å². The molecule has 124 valence electrons. The van der Waals surface area contributed by atoms with Crippen molar-refractivity contribution in [3.05, 3.63) is 75.3 Å². The van der Waals surface area contributed by atoms with Gasteiger partial charge in [0.25, 0.3) is 0 Å². The Hall–Kier alpha value is -1.57. The minimum absolute atomic E-state index is 0.00346. The van der Waals surface area contributed by atoms with E-state index in [1.807, 2.05) is 18.2 Å². The standard InChI is InChI=1S/C21H20Cl2O/c22-19-12-6-15(14-20(19)23)7-13-21(24)18-10-8-17(9-11-18)16-4-2-1-3-5-16/h6-14,16H,1-5H2. The number of rotatable bonds is 4. The molecule has 0 saturated heterocycles. The highest BCUT2D eigenvalue weighted by Crippen LogP contribution is 2.32. The molecule has 1 saturated carbocycles. The van der Waals surface area contributed by atoms with E-state index < -0.39 is 0 Å². The van der Waals surface area contributed by atoms with E-state index in [0.29, 0.717) is 21.5 Å². The van der Waals surface area contributed by atoms with E-state index >= 15 is 0 Å². The quantitative estimate of drug-likeness (QED) is 0.427. The number of hydrogen-bond acceptors (Lipinski definition) is 1. The fourth-order valence-corrected chi connectivity index (χ4v) is 3.55. The van der Waals surface area contributed by atoms with Gasteiger partial charge in [0, 0.05) is 5.56 Å². The molecule has 0 aliphatic heterocycles. The zero-order valence-corrected chi connectivity index (χ0v) is 15.0. The zero-order valence-electron chi connectivity index (χ0n) is 13.5. The van der Waals surface area contributed by atoms with Gasteiger partial charge < -0.3 is 0 Å². The maximum atomic E-state index is 12.3. The van der Waals surface area contributed by atoms with E-state index in [0.717, 1.165) is 5.56 Å². The third-order valence-electron chi connectivity index (χ3n) is 4.64. The molecular formula is C21H20Cl2O. The van der Waals surface area contributed by atoms with Crippen molar-refractivity contribution >= 4 is 35.1 Å². The van der Waals surface area contributed by atoms with Crippen molar-refractivity contribution in [3.8, 4) is 0 Å². The summed E-state index contributed by atoms with van der Waals surface area (Å²) in [6.07, 6.45) is 9.87. The summed E-state index contributed by atoms with van der Waals surface area (Å²) < 4.78 is 0. The molecular weight excluding hydrogens is 339 g/mol. The second-order valence-electron chi connectivity index (χ2n) is 6.33. The van der Waals surface area contributed by atoms with Gasteiger partial charge in [0.2, 0.25) is 0 Å². The molecule has 2 aromatic carbocycles. The maximum Gasteiger partial charge on any atom is 0.185 e. The molecule has 0 amide bonds. The Morgan fingerprint density at radius 2 is 1.62 bits per heavy atom. The van der Waals surface area contributed by atoms with E-state index in [1.165, 1.54) is 37.7 Å². The highest BCUT2D eigenvalue weighted by atomic mass is 35.5. The van der Waals surface area contributed by atoms with Gasteiger partial charge in [-0.1, -0.05) is 78.9 Å². The molecule has 1 fully saturated rings. The highest BCUT2D eigenvalue weighted by molar-refractivity contribution is 6.42. The molecule has 1 aliphatic carbocycles. The van der Waals surface area contributed by atoms with Gasteiger partial charge in [-0.15, -0.1) is 0 Å². The maximum absolute atomic E-state index is 12.3. The Balaban J connectivity index is 1.68. The van der Waals surface area contributed by atoms with Crippen LogP contribution in [0.5, 0.6) is 0 Å². The predicted molar refractivity (Wildman–Crippen MR) is 102 cm³/mol. The van der Waals surface area contributed by atoms with Crippen LogP contribution in [0.1, 0.15) is 59.5 Å². The lowest BCUT2D eigenvalue weighted by Crippen LogP contribution is -2.04. The third-order valence-corrected chi connectivity index (χ3v) is 5.38. The van der Waals surface area contributed by atoms with Gasteiger partial charge in [-0.2, -0.15) is 0 Å². The summed E-state index contributed by atoms with van der Waals surface area (Å²) in [4.78, 5) is 12.3. The van der Waals surface area contributed by atoms with Gasteiger partial charge in [-0.25, -0.2) is 0 Å². The number of benzene rings is 2. The second-order valence-corrected chi connectivity index (χ2v) is 7.14.